The number of sulfonamides is 1. The molecule has 0 unspecified atom stereocenters. The first-order valence-corrected chi connectivity index (χ1v) is 16.2. The van der Waals surface area contributed by atoms with Gasteiger partial charge in [0.2, 0.25) is 0 Å². The highest BCUT2D eigenvalue weighted by Gasteiger charge is 2.36. The van der Waals surface area contributed by atoms with E-state index >= 15 is 0 Å². The molecule has 0 bridgehead atoms. The Morgan fingerprint density at radius 1 is 0.750 bits per heavy atom. The summed E-state index contributed by atoms with van der Waals surface area (Å²) in [4.78, 5) is 32.6. The second-order valence-corrected chi connectivity index (χ2v) is 12.4. The molecule has 1 aliphatic rings. The summed E-state index contributed by atoms with van der Waals surface area (Å²) in [6, 6.07) is 34.0. The second-order valence-electron chi connectivity index (χ2n) is 10.7. The number of fused-ring (bicyclic) bond motifs is 2. The third-order valence-corrected chi connectivity index (χ3v) is 9.03. The van der Waals surface area contributed by atoms with E-state index in [4.69, 9.17) is 4.74 Å². The zero-order chi connectivity index (χ0) is 33.3. The van der Waals surface area contributed by atoms with Gasteiger partial charge in [-0.2, -0.15) is 0 Å². The Morgan fingerprint density at radius 2 is 1.48 bits per heavy atom. The van der Waals surface area contributed by atoms with Crippen LogP contribution in [-0.4, -0.2) is 25.2 Å². The number of nitrogens with one attached hydrogen (secondary N) is 2. The molecule has 0 aliphatic carbocycles. The molecule has 236 valence electrons. The van der Waals surface area contributed by atoms with Crippen LogP contribution in [0.25, 0.3) is 16.5 Å². The molecule has 48 heavy (non-hydrogen) atoms. The summed E-state index contributed by atoms with van der Waals surface area (Å²) < 4.78 is 48.8. The van der Waals surface area contributed by atoms with Crippen molar-refractivity contribution in [3.05, 3.63) is 157 Å². The fourth-order valence-electron chi connectivity index (χ4n) is 5.32. The van der Waals surface area contributed by atoms with E-state index in [9.17, 15) is 22.4 Å². The van der Waals surface area contributed by atoms with Gasteiger partial charge >= 0.3 is 0 Å². The van der Waals surface area contributed by atoms with E-state index in [-0.39, 0.29) is 27.4 Å². The van der Waals surface area contributed by atoms with Crippen molar-refractivity contribution in [1.29, 1.82) is 0 Å². The standard InChI is InChI=1S/C37H25FN4O5S/c38-32-13-4-6-15-34(32)41-48(45,46)27-9-7-8-25(22-27)42-36(43)29-11-2-1-10-28(29)31(37(42)44)23-40-24-16-18-26(19-17-24)47-35-20-21-39-33-14-5-3-12-30(33)35/h1-23,40-41H/b31-23-. The molecule has 7 rings (SSSR count). The molecule has 0 saturated carbocycles. The number of carbonyl (C=O) groups excluding carboxylic acids is 2. The van der Waals surface area contributed by atoms with E-state index < -0.39 is 27.7 Å². The van der Waals surface area contributed by atoms with Gasteiger partial charge < -0.3 is 10.1 Å². The molecule has 2 heterocycles. The first-order chi connectivity index (χ1) is 23.3. The summed E-state index contributed by atoms with van der Waals surface area (Å²) in [5, 5.41) is 4.01. The van der Waals surface area contributed by atoms with Gasteiger partial charge in [-0.1, -0.05) is 48.5 Å². The van der Waals surface area contributed by atoms with Gasteiger partial charge in [-0.15, -0.1) is 0 Å². The minimum atomic E-state index is -4.27. The monoisotopic (exact) mass is 656 g/mol. The summed E-state index contributed by atoms with van der Waals surface area (Å²) >= 11 is 0. The lowest BCUT2D eigenvalue weighted by molar-refractivity contribution is -0.112. The third kappa shape index (κ3) is 5.85. The smallest absolute Gasteiger partial charge is 0.267 e. The molecule has 1 aromatic heterocycles. The third-order valence-electron chi connectivity index (χ3n) is 7.66. The Kier molecular flexibility index (Phi) is 7.87. The number of amides is 2. The number of para-hydroxylation sites is 2. The quantitative estimate of drug-likeness (QED) is 0.128. The Balaban J connectivity index is 1.16. The van der Waals surface area contributed by atoms with E-state index in [0.29, 0.717) is 22.7 Å². The number of hydrogen-bond acceptors (Lipinski definition) is 7. The van der Waals surface area contributed by atoms with Gasteiger partial charge in [0.1, 0.15) is 17.3 Å². The Morgan fingerprint density at radius 3 is 2.29 bits per heavy atom. The average Bonchev–Trinajstić information content (AvgIpc) is 3.10. The average molecular weight is 657 g/mol. The van der Waals surface area contributed by atoms with Crippen LogP contribution in [0.3, 0.4) is 0 Å². The number of hydrogen-bond donors (Lipinski definition) is 2. The minimum Gasteiger partial charge on any atom is -0.457 e. The molecule has 11 heteroatoms. The molecule has 2 amide bonds. The van der Waals surface area contributed by atoms with Crippen LogP contribution >= 0.6 is 0 Å². The SMILES string of the molecule is O=C1/C(=C\Nc2ccc(Oc3ccnc4ccccc34)cc2)c2ccccc2C(=O)N1c1cccc(S(=O)(=O)Nc2ccccc2F)c1. The Labute approximate surface area is 275 Å². The molecule has 0 radical (unpaired) electrons. The number of ether oxygens (including phenoxy) is 1. The number of imide groups is 1. The zero-order valence-electron chi connectivity index (χ0n) is 25.0. The fraction of sp³-hybridized carbons (Fsp3) is 0. The highest BCUT2D eigenvalue weighted by molar-refractivity contribution is 7.92. The van der Waals surface area contributed by atoms with Crippen molar-refractivity contribution in [3.63, 3.8) is 0 Å². The number of rotatable bonds is 8. The summed E-state index contributed by atoms with van der Waals surface area (Å²) in [5.41, 5.74) is 2.14. The van der Waals surface area contributed by atoms with Gasteiger partial charge in [0, 0.05) is 34.6 Å². The summed E-state index contributed by atoms with van der Waals surface area (Å²) in [5.74, 6) is -0.763. The number of carbonyl (C=O) groups is 2. The van der Waals surface area contributed by atoms with Crippen LogP contribution in [0.2, 0.25) is 0 Å². The van der Waals surface area contributed by atoms with Crippen molar-refractivity contribution in [1.82, 2.24) is 4.98 Å². The van der Waals surface area contributed by atoms with Crippen LogP contribution in [0, 0.1) is 5.82 Å². The normalized spacial score (nSPS) is 13.8. The van der Waals surface area contributed by atoms with Gasteiger partial charge in [-0.05, 0) is 78.9 Å². The molecule has 0 spiro atoms. The predicted molar refractivity (Wildman–Crippen MR) is 182 cm³/mol. The first-order valence-electron chi connectivity index (χ1n) is 14.7. The largest absolute Gasteiger partial charge is 0.457 e. The van der Waals surface area contributed by atoms with Gasteiger partial charge in [0.05, 0.1) is 27.4 Å². The Hall–Kier alpha value is -6.33. The first kappa shape index (κ1) is 30.3. The molecule has 0 fully saturated rings. The molecule has 2 N–H and O–H groups in total. The van der Waals surface area contributed by atoms with Crippen molar-refractivity contribution in [2.75, 3.05) is 14.9 Å². The molecule has 9 nitrogen and oxygen atoms in total. The molecular weight excluding hydrogens is 631 g/mol. The van der Waals surface area contributed by atoms with E-state index in [1.165, 1.54) is 48.7 Å². The number of anilines is 3. The van der Waals surface area contributed by atoms with Crippen molar-refractivity contribution in [2.24, 2.45) is 0 Å². The van der Waals surface area contributed by atoms with E-state index in [2.05, 4.69) is 15.0 Å². The number of benzene rings is 5. The van der Waals surface area contributed by atoms with Gasteiger partial charge in [-0.3, -0.25) is 19.3 Å². The maximum absolute atomic E-state index is 14.2. The molecular formula is C37H25FN4O5S. The lowest BCUT2D eigenvalue weighted by atomic mass is 9.93. The van der Waals surface area contributed by atoms with Gasteiger partial charge in [0.15, 0.2) is 0 Å². The summed E-state index contributed by atoms with van der Waals surface area (Å²) in [6.45, 7) is 0. The lowest BCUT2D eigenvalue weighted by Crippen LogP contribution is -2.42. The molecule has 0 saturated heterocycles. The van der Waals surface area contributed by atoms with E-state index in [1.807, 2.05) is 24.3 Å². The van der Waals surface area contributed by atoms with Crippen LogP contribution in [0.4, 0.5) is 21.5 Å². The van der Waals surface area contributed by atoms with E-state index in [1.54, 1.807) is 60.8 Å². The van der Waals surface area contributed by atoms with Crippen LogP contribution < -0.4 is 19.7 Å². The van der Waals surface area contributed by atoms with Crippen LogP contribution in [0.5, 0.6) is 11.5 Å². The van der Waals surface area contributed by atoms with Crippen molar-refractivity contribution >= 4 is 55.4 Å². The minimum absolute atomic E-state index is 0.0342. The summed E-state index contributed by atoms with van der Waals surface area (Å²) in [7, 11) is -4.27. The molecule has 6 aromatic rings. The van der Waals surface area contributed by atoms with Crippen molar-refractivity contribution in [2.45, 2.75) is 4.90 Å². The molecule has 5 aromatic carbocycles. The fourth-order valence-corrected chi connectivity index (χ4v) is 6.43. The van der Waals surface area contributed by atoms with Gasteiger partial charge in [-0.25, -0.2) is 17.7 Å². The summed E-state index contributed by atoms with van der Waals surface area (Å²) in [6.07, 6.45) is 3.19. The zero-order valence-corrected chi connectivity index (χ0v) is 25.8. The van der Waals surface area contributed by atoms with Crippen LogP contribution in [-0.2, 0) is 14.8 Å². The topological polar surface area (TPSA) is 118 Å². The van der Waals surface area contributed by atoms with E-state index in [0.717, 1.165) is 21.9 Å². The predicted octanol–water partition coefficient (Wildman–Crippen LogP) is 7.61. The van der Waals surface area contributed by atoms with Crippen molar-refractivity contribution < 1.29 is 27.1 Å². The van der Waals surface area contributed by atoms with Crippen molar-refractivity contribution in [3.8, 4) is 11.5 Å². The number of aromatic nitrogens is 1. The Bertz CT molecular complexity index is 2360. The van der Waals surface area contributed by atoms with Gasteiger partial charge in [0.25, 0.3) is 21.8 Å². The maximum Gasteiger partial charge on any atom is 0.267 e. The molecule has 0 atom stereocenters. The van der Waals surface area contributed by atoms with Crippen LogP contribution in [0.15, 0.2) is 145 Å². The van der Waals surface area contributed by atoms with Crippen LogP contribution in [0.1, 0.15) is 15.9 Å². The number of halogens is 1. The highest BCUT2D eigenvalue weighted by atomic mass is 32.2. The maximum atomic E-state index is 14.2. The molecule has 1 aliphatic heterocycles. The lowest BCUT2D eigenvalue weighted by Gasteiger charge is -2.29. The number of pyridine rings is 1. The number of nitrogens with zero attached hydrogens (tertiary/aromatic N) is 2. The highest BCUT2D eigenvalue weighted by Crippen LogP contribution is 2.34. The second kappa shape index (κ2) is 12.5.